The molecule has 0 bridgehead atoms. The van der Waals surface area contributed by atoms with Crippen molar-refractivity contribution < 1.29 is 19.7 Å². The number of allylic oxidation sites excluding steroid dienone is 4. The maximum Gasteiger partial charge on any atom is 0.337 e. The zero-order chi connectivity index (χ0) is 28.6. The first-order valence-electron chi connectivity index (χ1n) is 15.2. The van der Waals surface area contributed by atoms with Crippen molar-refractivity contribution in [1.29, 1.82) is 0 Å². The number of hydrogen-bond donors (Lipinski definition) is 2. The quantitative estimate of drug-likeness (QED) is 0.342. The summed E-state index contributed by atoms with van der Waals surface area (Å²) in [5, 5.41) is 18.9. The highest BCUT2D eigenvalue weighted by Crippen LogP contribution is 2.60. The fourth-order valence-corrected chi connectivity index (χ4v) is 7.37. The van der Waals surface area contributed by atoms with Crippen LogP contribution in [0, 0.1) is 29.1 Å². The highest BCUT2D eigenvalue weighted by molar-refractivity contribution is 5.89. The molecule has 3 aliphatic rings. The first-order valence-corrected chi connectivity index (χ1v) is 15.2. The first-order chi connectivity index (χ1) is 18.5. The lowest BCUT2D eigenvalue weighted by Gasteiger charge is -2.44. The van der Waals surface area contributed by atoms with Gasteiger partial charge in [0.15, 0.2) is 0 Å². The zero-order valence-corrected chi connectivity index (χ0v) is 25.0. The second-order valence-electron chi connectivity index (χ2n) is 12.9. The number of ether oxygens (including phenoxy) is 1. The average Bonchev–Trinajstić information content (AvgIpc) is 3.27. The lowest BCUT2D eigenvalue weighted by Crippen LogP contribution is -2.36. The minimum atomic E-state index is -0.398. The topological polar surface area (TPSA) is 66.8 Å². The van der Waals surface area contributed by atoms with Crippen LogP contribution in [0.2, 0.25) is 0 Å². The van der Waals surface area contributed by atoms with Gasteiger partial charge in [-0.1, -0.05) is 76.8 Å². The van der Waals surface area contributed by atoms with Crippen LogP contribution in [-0.4, -0.2) is 29.4 Å². The molecule has 0 amide bonds. The second-order valence-corrected chi connectivity index (χ2v) is 12.9. The number of benzene rings is 1. The number of fused-ring (bicyclic) bond motifs is 1. The summed E-state index contributed by atoms with van der Waals surface area (Å²) in [7, 11) is 1.31. The number of esters is 1. The van der Waals surface area contributed by atoms with Gasteiger partial charge in [-0.05, 0) is 110 Å². The number of phenolic OH excluding ortho intramolecular Hbond substituents is 1. The monoisotopic (exact) mass is 536 g/mol. The van der Waals surface area contributed by atoms with Crippen LogP contribution in [0.5, 0.6) is 5.75 Å². The van der Waals surface area contributed by atoms with Crippen LogP contribution in [0.4, 0.5) is 0 Å². The number of hydrogen-bond acceptors (Lipinski definition) is 4. The van der Waals surface area contributed by atoms with E-state index in [1.165, 1.54) is 93.9 Å². The predicted molar refractivity (Wildman–Crippen MR) is 161 cm³/mol. The van der Waals surface area contributed by atoms with Gasteiger partial charge in [0.05, 0.1) is 18.8 Å². The lowest BCUT2D eigenvalue weighted by atomic mass is 9.60. The molecule has 0 saturated heterocycles. The molecule has 4 heteroatoms. The fourth-order valence-electron chi connectivity index (χ4n) is 7.37. The third-order valence-corrected chi connectivity index (χ3v) is 9.64. The third kappa shape index (κ3) is 8.33. The molecule has 0 radical (unpaired) electrons. The third-order valence-electron chi connectivity index (χ3n) is 9.64. The summed E-state index contributed by atoms with van der Waals surface area (Å²) < 4.78 is 4.46. The molecule has 4 nitrogen and oxygen atoms in total. The summed E-state index contributed by atoms with van der Waals surface area (Å²) in [4.78, 5) is 10.8. The summed E-state index contributed by atoms with van der Waals surface area (Å²) in [6.07, 6.45) is 18.2. The zero-order valence-electron chi connectivity index (χ0n) is 25.0. The SMILES string of the molecule is C=C1CC[C@H](O)C/C1=C/C=C1\CCC[C@]2(C)[C@@H]([C@H](C)CCCC(C)C)CC[C@@H]12.COC(=O)c1ccc(O)cc1. The highest BCUT2D eigenvalue weighted by atomic mass is 16.5. The maximum atomic E-state index is 10.8. The molecule has 2 N–H and O–H groups in total. The average molecular weight is 537 g/mol. The summed E-state index contributed by atoms with van der Waals surface area (Å²) in [6.45, 7) is 14.1. The number of carbonyl (C=O) groups excluding carboxylic acids is 1. The van der Waals surface area contributed by atoms with Crippen molar-refractivity contribution in [2.45, 2.75) is 104 Å². The molecule has 3 fully saturated rings. The summed E-state index contributed by atoms with van der Waals surface area (Å²) in [6, 6.07) is 5.88. The summed E-state index contributed by atoms with van der Waals surface area (Å²) in [5.74, 6) is 3.11. The standard InChI is InChI=1S/C27H44O.C8H8O3/c1-19(2)8-6-9-21(4)25-15-16-26-22(10-7-17-27(25,26)5)12-13-23-18-24(28)14-11-20(23)3;1-11-8(10)6-2-4-7(9)5-3-6/h12-13,19,21,24-26,28H,3,6-11,14-18H2,1-2,4-5H3;2-5,9H,1H3/b22-12+,23-13-;/t21-,24+,25-,26+,27-;/m1./s1. The molecule has 3 saturated carbocycles. The Labute approximate surface area is 237 Å². The van der Waals surface area contributed by atoms with E-state index in [9.17, 15) is 9.90 Å². The van der Waals surface area contributed by atoms with Crippen LogP contribution in [0.1, 0.15) is 109 Å². The van der Waals surface area contributed by atoms with E-state index in [2.05, 4.69) is 51.2 Å². The van der Waals surface area contributed by atoms with Crippen molar-refractivity contribution in [3.63, 3.8) is 0 Å². The number of aromatic hydroxyl groups is 1. The van der Waals surface area contributed by atoms with Gasteiger partial charge in [-0.15, -0.1) is 0 Å². The van der Waals surface area contributed by atoms with Crippen LogP contribution in [-0.2, 0) is 4.74 Å². The van der Waals surface area contributed by atoms with Crippen molar-refractivity contribution in [2.75, 3.05) is 7.11 Å². The van der Waals surface area contributed by atoms with Gasteiger partial charge in [-0.2, -0.15) is 0 Å². The predicted octanol–water partition coefficient (Wildman–Crippen LogP) is 8.80. The number of phenols is 1. The van der Waals surface area contributed by atoms with Crippen molar-refractivity contribution in [3.05, 3.63) is 65.3 Å². The molecule has 5 atom stereocenters. The van der Waals surface area contributed by atoms with Gasteiger partial charge in [-0.25, -0.2) is 4.79 Å². The van der Waals surface area contributed by atoms with Gasteiger partial charge in [0.2, 0.25) is 0 Å². The van der Waals surface area contributed by atoms with Gasteiger partial charge < -0.3 is 14.9 Å². The molecule has 0 aromatic heterocycles. The molecular formula is C35H52O4. The molecule has 216 valence electrons. The summed E-state index contributed by atoms with van der Waals surface area (Å²) >= 11 is 0. The summed E-state index contributed by atoms with van der Waals surface area (Å²) in [5.41, 5.74) is 5.15. The maximum absolute atomic E-state index is 10.8. The van der Waals surface area contributed by atoms with E-state index in [1.54, 1.807) is 5.57 Å². The first kappa shape index (κ1) is 31.2. The van der Waals surface area contributed by atoms with E-state index >= 15 is 0 Å². The lowest BCUT2D eigenvalue weighted by molar-refractivity contribution is 0.0600. The second kappa shape index (κ2) is 14.3. The molecule has 0 spiro atoms. The molecular weight excluding hydrogens is 484 g/mol. The Bertz CT molecular complexity index is 1020. The van der Waals surface area contributed by atoms with Crippen LogP contribution >= 0.6 is 0 Å². The molecule has 0 heterocycles. The number of aliphatic hydroxyl groups excluding tert-OH is 1. The van der Waals surface area contributed by atoms with Crippen LogP contribution in [0.3, 0.4) is 0 Å². The Hall–Kier alpha value is -2.33. The Kier molecular flexibility index (Phi) is 11.5. The number of carbonyl (C=O) groups is 1. The van der Waals surface area contributed by atoms with E-state index in [0.29, 0.717) is 11.0 Å². The minimum absolute atomic E-state index is 0.137. The molecule has 4 rings (SSSR count). The van der Waals surface area contributed by atoms with Crippen LogP contribution < -0.4 is 0 Å². The number of aliphatic hydroxyl groups is 1. The van der Waals surface area contributed by atoms with Crippen molar-refractivity contribution in [2.24, 2.45) is 29.1 Å². The van der Waals surface area contributed by atoms with E-state index in [1.807, 2.05) is 0 Å². The van der Waals surface area contributed by atoms with E-state index in [0.717, 1.165) is 42.9 Å². The Balaban J connectivity index is 0.000000320. The molecule has 1 aromatic carbocycles. The fraction of sp³-hybridized carbons (Fsp3) is 0.629. The number of rotatable bonds is 7. The molecule has 39 heavy (non-hydrogen) atoms. The molecule has 0 unspecified atom stereocenters. The van der Waals surface area contributed by atoms with Crippen LogP contribution in [0.15, 0.2) is 59.7 Å². The Morgan fingerprint density at radius 2 is 1.82 bits per heavy atom. The molecule has 0 aliphatic heterocycles. The molecule has 1 aromatic rings. The van der Waals surface area contributed by atoms with Gasteiger partial charge in [0.25, 0.3) is 0 Å². The van der Waals surface area contributed by atoms with Crippen LogP contribution in [0.25, 0.3) is 0 Å². The highest BCUT2D eigenvalue weighted by Gasteiger charge is 2.50. The van der Waals surface area contributed by atoms with Gasteiger partial charge in [0, 0.05) is 0 Å². The minimum Gasteiger partial charge on any atom is -0.508 e. The van der Waals surface area contributed by atoms with E-state index in [4.69, 9.17) is 5.11 Å². The molecule has 3 aliphatic carbocycles. The number of methoxy groups -OCH3 is 1. The van der Waals surface area contributed by atoms with Crippen molar-refractivity contribution in [1.82, 2.24) is 0 Å². The Morgan fingerprint density at radius 3 is 2.49 bits per heavy atom. The largest absolute Gasteiger partial charge is 0.508 e. The van der Waals surface area contributed by atoms with Crippen molar-refractivity contribution in [3.8, 4) is 5.75 Å². The van der Waals surface area contributed by atoms with Crippen molar-refractivity contribution >= 4 is 5.97 Å². The van der Waals surface area contributed by atoms with Gasteiger partial charge >= 0.3 is 5.97 Å². The normalized spacial score (nSPS) is 29.6. The van der Waals surface area contributed by atoms with Gasteiger partial charge in [-0.3, -0.25) is 0 Å². The van der Waals surface area contributed by atoms with E-state index in [-0.39, 0.29) is 11.9 Å². The smallest absolute Gasteiger partial charge is 0.337 e. The Morgan fingerprint density at radius 1 is 1.10 bits per heavy atom. The van der Waals surface area contributed by atoms with Gasteiger partial charge in [0.1, 0.15) is 5.75 Å². The van der Waals surface area contributed by atoms with E-state index < -0.39 is 5.97 Å².